The molecule has 0 aliphatic rings. The minimum atomic E-state index is -1.49. The summed E-state index contributed by atoms with van der Waals surface area (Å²) in [7, 11) is 0. The third-order valence-corrected chi connectivity index (χ3v) is 2.52. The molecule has 0 N–H and O–H groups in total. The Kier molecular flexibility index (Phi) is 3.00. The molecule has 0 aliphatic carbocycles. The molecule has 16 heavy (non-hydrogen) atoms. The second kappa shape index (κ2) is 4.29. The van der Waals surface area contributed by atoms with Crippen LogP contribution < -0.4 is 0 Å². The van der Waals surface area contributed by atoms with E-state index in [1.54, 1.807) is 0 Å². The van der Waals surface area contributed by atoms with E-state index < -0.39 is 17.5 Å². The second-order valence-electron chi connectivity index (χ2n) is 3.07. The van der Waals surface area contributed by atoms with Crippen LogP contribution in [-0.2, 0) is 5.33 Å². The van der Waals surface area contributed by atoms with Gasteiger partial charge in [-0.15, -0.1) is 0 Å². The predicted octanol–water partition coefficient (Wildman–Crippen LogP) is 3.65. The van der Waals surface area contributed by atoms with Gasteiger partial charge in [-0.1, -0.05) is 21.1 Å². The lowest BCUT2D eigenvalue weighted by Crippen LogP contribution is -1.91. The van der Waals surface area contributed by atoms with E-state index in [9.17, 15) is 13.2 Å². The average molecular weight is 292 g/mol. The first-order valence-corrected chi connectivity index (χ1v) is 5.40. The standard InChI is InChI=1S/C10H5BrF3NO/c11-4-6-3-9(15-16-6)5-1-7(12)10(14)8(13)2-5/h1-3H,4H2. The van der Waals surface area contributed by atoms with Gasteiger partial charge in [0.2, 0.25) is 0 Å². The molecule has 0 spiro atoms. The Morgan fingerprint density at radius 1 is 1.12 bits per heavy atom. The first-order chi connectivity index (χ1) is 7.61. The van der Waals surface area contributed by atoms with E-state index in [1.807, 2.05) is 0 Å². The summed E-state index contributed by atoms with van der Waals surface area (Å²) in [4.78, 5) is 0. The van der Waals surface area contributed by atoms with Crippen molar-refractivity contribution in [2.45, 2.75) is 5.33 Å². The summed E-state index contributed by atoms with van der Waals surface area (Å²) >= 11 is 3.14. The Morgan fingerprint density at radius 3 is 2.25 bits per heavy atom. The van der Waals surface area contributed by atoms with Crippen molar-refractivity contribution in [3.8, 4) is 11.3 Å². The number of rotatable bonds is 2. The van der Waals surface area contributed by atoms with Crippen LogP contribution in [0.2, 0.25) is 0 Å². The van der Waals surface area contributed by atoms with E-state index in [2.05, 4.69) is 21.1 Å². The molecule has 1 aromatic carbocycles. The van der Waals surface area contributed by atoms with Gasteiger partial charge in [0.05, 0.1) is 5.33 Å². The molecule has 0 bridgehead atoms. The Labute approximate surface area is 97.2 Å². The molecule has 0 amide bonds. The van der Waals surface area contributed by atoms with E-state index in [4.69, 9.17) is 4.52 Å². The fourth-order valence-electron chi connectivity index (χ4n) is 1.22. The number of halogens is 4. The third-order valence-electron chi connectivity index (χ3n) is 1.97. The topological polar surface area (TPSA) is 26.0 Å². The highest BCUT2D eigenvalue weighted by molar-refractivity contribution is 9.08. The number of aromatic nitrogens is 1. The number of hydrogen-bond donors (Lipinski definition) is 0. The van der Waals surface area contributed by atoms with E-state index in [1.165, 1.54) is 6.07 Å². The number of hydrogen-bond acceptors (Lipinski definition) is 2. The lowest BCUT2D eigenvalue weighted by Gasteiger charge is -1.98. The summed E-state index contributed by atoms with van der Waals surface area (Å²) in [5.41, 5.74) is 0.389. The molecule has 2 aromatic rings. The zero-order valence-electron chi connectivity index (χ0n) is 7.81. The lowest BCUT2D eigenvalue weighted by atomic mass is 10.1. The lowest BCUT2D eigenvalue weighted by molar-refractivity contribution is 0.397. The number of benzene rings is 1. The summed E-state index contributed by atoms with van der Waals surface area (Å²) < 4.78 is 43.4. The summed E-state index contributed by atoms with van der Waals surface area (Å²) in [5, 5.41) is 4.05. The van der Waals surface area contributed by atoms with Crippen molar-refractivity contribution >= 4 is 15.9 Å². The molecule has 0 atom stereocenters. The van der Waals surface area contributed by atoms with Crippen LogP contribution in [0.5, 0.6) is 0 Å². The minimum Gasteiger partial charge on any atom is -0.360 e. The quantitative estimate of drug-likeness (QED) is 0.623. The fraction of sp³-hybridized carbons (Fsp3) is 0.100. The molecular formula is C10H5BrF3NO. The van der Waals surface area contributed by atoms with Gasteiger partial charge in [-0.25, -0.2) is 13.2 Å². The van der Waals surface area contributed by atoms with Gasteiger partial charge in [-0.05, 0) is 12.1 Å². The first kappa shape index (κ1) is 11.2. The maximum absolute atomic E-state index is 12.9. The van der Waals surface area contributed by atoms with Crippen LogP contribution in [0.1, 0.15) is 5.76 Å². The van der Waals surface area contributed by atoms with Crippen molar-refractivity contribution in [2.24, 2.45) is 0 Å². The molecule has 0 radical (unpaired) electrons. The van der Waals surface area contributed by atoms with Crippen LogP contribution in [0.25, 0.3) is 11.3 Å². The molecule has 0 saturated heterocycles. The average Bonchev–Trinajstić information content (AvgIpc) is 2.73. The number of nitrogens with zero attached hydrogens (tertiary/aromatic N) is 1. The van der Waals surface area contributed by atoms with Crippen LogP contribution in [0.15, 0.2) is 22.7 Å². The molecule has 1 heterocycles. The first-order valence-electron chi connectivity index (χ1n) is 4.28. The largest absolute Gasteiger partial charge is 0.360 e. The molecule has 1 aromatic heterocycles. The highest BCUT2D eigenvalue weighted by atomic mass is 79.9. The Balaban J connectivity index is 2.48. The van der Waals surface area contributed by atoms with E-state index in [0.29, 0.717) is 11.1 Å². The van der Waals surface area contributed by atoms with Crippen molar-refractivity contribution in [3.63, 3.8) is 0 Å². The molecule has 0 aliphatic heterocycles. The van der Waals surface area contributed by atoms with Gasteiger partial charge in [0.15, 0.2) is 17.5 Å². The maximum atomic E-state index is 12.9. The minimum absolute atomic E-state index is 0.132. The van der Waals surface area contributed by atoms with E-state index in [0.717, 1.165) is 12.1 Å². The van der Waals surface area contributed by atoms with Gasteiger partial charge in [0.1, 0.15) is 11.5 Å². The predicted molar refractivity (Wildman–Crippen MR) is 54.4 cm³/mol. The highest BCUT2D eigenvalue weighted by Crippen LogP contribution is 2.24. The zero-order chi connectivity index (χ0) is 11.7. The molecule has 0 saturated carbocycles. The Morgan fingerprint density at radius 2 is 1.75 bits per heavy atom. The summed E-state index contributed by atoms with van der Waals surface area (Å²) in [6.07, 6.45) is 0. The number of alkyl halides is 1. The van der Waals surface area contributed by atoms with Crippen molar-refractivity contribution in [1.82, 2.24) is 5.16 Å². The van der Waals surface area contributed by atoms with Crippen LogP contribution in [-0.4, -0.2) is 5.16 Å². The smallest absolute Gasteiger partial charge is 0.194 e. The van der Waals surface area contributed by atoms with Gasteiger partial charge >= 0.3 is 0 Å². The maximum Gasteiger partial charge on any atom is 0.194 e. The molecule has 84 valence electrons. The fourth-order valence-corrected chi connectivity index (χ4v) is 1.48. The zero-order valence-corrected chi connectivity index (χ0v) is 9.39. The van der Waals surface area contributed by atoms with Crippen LogP contribution in [0, 0.1) is 17.5 Å². The van der Waals surface area contributed by atoms with Gasteiger partial charge in [-0.2, -0.15) is 0 Å². The SMILES string of the molecule is Fc1cc(-c2cc(CBr)on2)cc(F)c1F. The van der Waals surface area contributed by atoms with Gasteiger partial charge < -0.3 is 4.52 Å². The molecule has 2 nitrogen and oxygen atoms in total. The normalized spacial score (nSPS) is 10.8. The van der Waals surface area contributed by atoms with Crippen molar-refractivity contribution < 1.29 is 17.7 Å². The highest BCUT2D eigenvalue weighted by Gasteiger charge is 2.13. The molecule has 0 unspecified atom stereocenters. The molecular weight excluding hydrogens is 287 g/mol. The molecule has 2 rings (SSSR count). The van der Waals surface area contributed by atoms with Crippen LogP contribution in [0.4, 0.5) is 13.2 Å². The third kappa shape index (κ3) is 1.97. The molecule has 6 heteroatoms. The van der Waals surface area contributed by atoms with Crippen molar-refractivity contribution in [1.29, 1.82) is 0 Å². The Hall–Kier alpha value is -1.30. The van der Waals surface area contributed by atoms with Gasteiger partial charge in [0.25, 0.3) is 0 Å². The van der Waals surface area contributed by atoms with Crippen LogP contribution >= 0.6 is 15.9 Å². The summed E-state index contributed by atoms with van der Waals surface area (Å²) in [6.45, 7) is 0. The Bertz CT molecular complexity index is 504. The second-order valence-corrected chi connectivity index (χ2v) is 3.63. The van der Waals surface area contributed by atoms with Gasteiger partial charge in [0, 0.05) is 11.6 Å². The summed E-state index contributed by atoms with van der Waals surface area (Å²) in [6, 6.07) is 3.25. The van der Waals surface area contributed by atoms with E-state index in [-0.39, 0.29) is 11.3 Å². The summed E-state index contributed by atoms with van der Waals surface area (Å²) in [5.74, 6) is -3.48. The van der Waals surface area contributed by atoms with E-state index >= 15 is 0 Å². The monoisotopic (exact) mass is 291 g/mol. The van der Waals surface area contributed by atoms with Crippen LogP contribution in [0.3, 0.4) is 0 Å². The van der Waals surface area contributed by atoms with Gasteiger partial charge in [-0.3, -0.25) is 0 Å². The molecule has 0 fully saturated rings. The van der Waals surface area contributed by atoms with Crippen molar-refractivity contribution in [2.75, 3.05) is 0 Å². The van der Waals surface area contributed by atoms with Crippen molar-refractivity contribution in [3.05, 3.63) is 41.4 Å².